The molecule has 112 valence electrons. The van der Waals surface area contributed by atoms with Crippen LogP contribution in [-0.2, 0) is 9.59 Å². The predicted octanol–water partition coefficient (Wildman–Crippen LogP) is 2.44. The summed E-state index contributed by atoms with van der Waals surface area (Å²) in [6.45, 7) is 0. The number of benzene rings is 2. The monoisotopic (exact) mass is 302 g/mol. The second-order valence-electron chi connectivity index (χ2n) is 3.35. The van der Waals surface area contributed by atoms with Gasteiger partial charge in [-0.25, -0.2) is 0 Å². The second kappa shape index (κ2) is 9.21. The van der Waals surface area contributed by atoms with Gasteiger partial charge in [0.05, 0.1) is 9.85 Å². The highest BCUT2D eigenvalue weighted by Crippen LogP contribution is 2.33. The van der Waals surface area contributed by atoms with Crippen LogP contribution in [0.2, 0.25) is 0 Å². The molecule has 0 atom stereocenters. The molecule has 0 heterocycles. The van der Waals surface area contributed by atoms with E-state index < -0.39 is 9.85 Å². The van der Waals surface area contributed by atoms with Crippen LogP contribution in [0.25, 0.3) is 21.6 Å². The lowest BCUT2D eigenvalue weighted by atomic mass is 10.1. The average Bonchev–Trinajstić information content (AvgIpc) is 2.47. The molecular weight excluding hydrogens is 296 g/mol. The van der Waals surface area contributed by atoms with Crippen LogP contribution in [0.3, 0.4) is 0 Å². The van der Waals surface area contributed by atoms with E-state index in [1.807, 2.05) is 0 Å². The minimum atomic E-state index is -0.616. The van der Waals surface area contributed by atoms with Gasteiger partial charge in [0.2, 0.25) is 0 Å². The third kappa shape index (κ3) is 4.74. The molecule has 0 N–H and O–H groups in total. The summed E-state index contributed by atoms with van der Waals surface area (Å²) in [4.78, 5) is 36.8. The Morgan fingerprint density at radius 2 is 1.14 bits per heavy atom. The van der Waals surface area contributed by atoms with Gasteiger partial charge < -0.3 is 10.8 Å². The largest absolute Gasteiger partial charge is 0.724 e. The topological polar surface area (TPSA) is 165 Å². The van der Waals surface area contributed by atoms with Crippen LogP contribution in [0, 0.1) is 20.2 Å². The fourth-order valence-electron chi connectivity index (χ4n) is 1.61. The number of isocyanates is 2. The van der Waals surface area contributed by atoms with Crippen molar-refractivity contribution in [3.63, 3.8) is 0 Å². The molecule has 2 rings (SSSR count). The van der Waals surface area contributed by atoms with Gasteiger partial charge in [0, 0.05) is 12.1 Å². The number of hydrogen-bond donors (Lipinski definition) is 0. The number of nitrogens with zero attached hydrogens (tertiary/aromatic N) is 4. The van der Waals surface area contributed by atoms with Gasteiger partial charge in [-0.2, -0.15) is 0 Å². The van der Waals surface area contributed by atoms with E-state index in [4.69, 9.17) is 20.4 Å². The smallest absolute Gasteiger partial charge is 0.284 e. The number of carbonyl (C=O) groups excluding carboxylic acids is 2. The van der Waals surface area contributed by atoms with Crippen molar-refractivity contribution in [1.29, 1.82) is 0 Å². The van der Waals surface area contributed by atoms with Crippen LogP contribution in [-0.4, -0.2) is 22.0 Å². The van der Waals surface area contributed by atoms with Crippen molar-refractivity contribution in [2.75, 3.05) is 0 Å². The van der Waals surface area contributed by atoms with Gasteiger partial charge in [-0.1, -0.05) is 24.3 Å². The van der Waals surface area contributed by atoms with E-state index in [9.17, 15) is 20.2 Å². The van der Waals surface area contributed by atoms with E-state index in [1.54, 1.807) is 12.1 Å². The Kier molecular flexibility index (Phi) is 7.64. The molecule has 0 bridgehead atoms. The summed E-state index contributed by atoms with van der Waals surface area (Å²) < 4.78 is 0. The van der Waals surface area contributed by atoms with E-state index in [0.717, 1.165) is 0 Å². The zero-order valence-corrected chi connectivity index (χ0v) is 10.7. The lowest BCUT2D eigenvalue weighted by molar-refractivity contribution is -0.390. The normalized spacial score (nSPS) is 8.18. The third-order valence-corrected chi connectivity index (χ3v) is 2.25. The van der Waals surface area contributed by atoms with Gasteiger partial charge in [0.25, 0.3) is 11.4 Å². The van der Waals surface area contributed by atoms with Crippen molar-refractivity contribution in [2.45, 2.75) is 0 Å². The van der Waals surface area contributed by atoms with Crippen molar-refractivity contribution in [3.05, 3.63) is 67.4 Å². The standard InChI is InChI=1S/C10H6N2O4.2CNO/c13-11(14)8-5-1-3-7-4-2-6-9(10(7)8)12(15)16;2*2-1-3/h1-6H;;/q;2*-1. The lowest BCUT2D eigenvalue weighted by Crippen LogP contribution is -1.94. The van der Waals surface area contributed by atoms with Crippen LogP contribution < -0.4 is 0 Å². The number of nitro groups is 2. The van der Waals surface area contributed by atoms with Gasteiger partial charge in [0.15, 0.2) is 0 Å². The highest BCUT2D eigenvalue weighted by atomic mass is 16.6. The van der Waals surface area contributed by atoms with E-state index in [-0.39, 0.29) is 16.8 Å². The molecule has 0 saturated heterocycles. The first-order valence-corrected chi connectivity index (χ1v) is 5.27. The summed E-state index contributed by atoms with van der Waals surface area (Å²) in [5.41, 5.74) is -0.491. The number of non-ortho nitro benzene ring substituents is 2. The van der Waals surface area contributed by atoms with Crippen molar-refractivity contribution in [1.82, 2.24) is 0 Å². The molecule has 0 aliphatic heterocycles. The van der Waals surface area contributed by atoms with Gasteiger partial charge in [-0.05, 0) is 17.5 Å². The minimum absolute atomic E-state index is 0.0694. The van der Waals surface area contributed by atoms with E-state index in [1.165, 1.54) is 24.3 Å². The Morgan fingerprint density at radius 1 is 0.818 bits per heavy atom. The molecule has 0 aliphatic rings. The molecule has 2 aromatic carbocycles. The third-order valence-electron chi connectivity index (χ3n) is 2.25. The maximum absolute atomic E-state index is 10.8. The molecule has 0 radical (unpaired) electrons. The summed E-state index contributed by atoms with van der Waals surface area (Å²) in [5.74, 6) is 0. The Labute approximate surface area is 122 Å². The molecule has 0 unspecified atom stereocenters. The van der Waals surface area contributed by atoms with Crippen molar-refractivity contribution < 1.29 is 19.4 Å². The van der Waals surface area contributed by atoms with Crippen molar-refractivity contribution >= 4 is 34.3 Å². The molecule has 0 fully saturated rings. The van der Waals surface area contributed by atoms with Crippen LogP contribution in [0.15, 0.2) is 36.4 Å². The van der Waals surface area contributed by atoms with Gasteiger partial charge in [0.1, 0.15) is 5.39 Å². The number of hydrogen-bond acceptors (Lipinski definition) is 6. The van der Waals surface area contributed by atoms with Crippen molar-refractivity contribution in [2.24, 2.45) is 0 Å². The summed E-state index contributed by atoms with van der Waals surface area (Å²) in [6.07, 6.45) is 1.00. The maximum Gasteiger partial charge on any atom is 0.284 e. The van der Waals surface area contributed by atoms with Gasteiger partial charge in [-0.3, -0.25) is 29.8 Å². The van der Waals surface area contributed by atoms with E-state index >= 15 is 0 Å². The first-order chi connectivity index (χ1) is 10.4. The zero-order chi connectivity index (χ0) is 17.1. The van der Waals surface area contributed by atoms with E-state index in [0.29, 0.717) is 17.5 Å². The molecule has 10 heteroatoms. The summed E-state index contributed by atoms with van der Waals surface area (Å²) in [7, 11) is 0. The van der Waals surface area contributed by atoms with Gasteiger partial charge in [-0.15, -0.1) is 0 Å². The summed E-state index contributed by atoms with van der Waals surface area (Å²) >= 11 is 0. The maximum atomic E-state index is 10.8. The average molecular weight is 302 g/mol. The molecule has 2 aromatic rings. The Hall–Kier alpha value is -3.74. The molecule has 0 spiro atoms. The Balaban J connectivity index is 0.000000639. The minimum Gasteiger partial charge on any atom is -0.724 e. The zero-order valence-electron chi connectivity index (χ0n) is 10.7. The first-order valence-electron chi connectivity index (χ1n) is 5.27. The molecule has 22 heavy (non-hydrogen) atoms. The summed E-state index contributed by atoms with van der Waals surface area (Å²) in [6, 6.07) is 8.74. The summed E-state index contributed by atoms with van der Waals surface area (Å²) in [5, 5.41) is 35.6. The quantitative estimate of drug-likeness (QED) is 0.357. The SMILES string of the molecule is O=[N+]([O-])c1cccc2cccc([N+](=O)[O-])c12.[N-]=C=O.[N-]=C=O. The highest BCUT2D eigenvalue weighted by Gasteiger charge is 2.20. The molecule has 0 saturated carbocycles. The molecular formula is C12H6N4O6-2. The second-order valence-corrected chi connectivity index (χ2v) is 3.35. The molecule has 10 nitrogen and oxygen atoms in total. The van der Waals surface area contributed by atoms with Crippen LogP contribution in [0.1, 0.15) is 0 Å². The van der Waals surface area contributed by atoms with Crippen LogP contribution in [0.5, 0.6) is 0 Å². The Bertz CT molecular complexity index is 701. The predicted molar refractivity (Wildman–Crippen MR) is 75.4 cm³/mol. The van der Waals surface area contributed by atoms with Gasteiger partial charge >= 0.3 is 0 Å². The fraction of sp³-hybridized carbons (Fsp3) is 0. The number of rotatable bonds is 2. The highest BCUT2D eigenvalue weighted by molar-refractivity contribution is 5.98. The molecule has 0 aliphatic carbocycles. The van der Waals surface area contributed by atoms with E-state index in [2.05, 4.69) is 0 Å². The lowest BCUT2D eigenvalue weighted by Gasteiger charge is -1.99. The first kappa shape index (κ1) is 18.3. The molecule has 0 aromatic heterocycles. The number of nitro benzene ring substituents is 2. The van der Waals surface area contributed by atoms with Crippen molar-refractivity contribution in [3.8, 4) is 0 Å². The Morgan fingerprint density at radius 3 is 1.41 bits per heavy atom. The fourth-order valence-corrected chi connectivity index (χ4v) is 1.61. The van der Waals surface area contributed by atoms with Crippen LogP contribution in [0.4, 0.5) is 11.4 Å². The molecule has 0 amide bonds. The number of fused-ring (bicyclic) bond motifs is 1. The van der Waals surface area contributed by atoms with Crippen LogP contribution >= 0.6 is 0 Å².